The summed E-state index contributed by atoms with van der Waals surface area (Å²) in [5.74, 6) is -0.344. The number of hydrogen-bond acceptors (Lipinski definition) is 6. The van der Waals surface area contributed by atoms with Gasteiger partial charge in [0.2, 0.25) is 15.2 Å². The number of carbonyl (C=O) groups excluding carboxylic acids is 1. The Hall–Kier alpha value is -2.98. The van der Waals surface area contributed by atoms with Crippen LogP contribution in [0.2, 0.25) is 10.0 Å². The number of carbonyl (C=O) groups is 1. The van der Waals surface area contributed by atoms with Gasteiger partial charge in [0.15, 0.2) is 0 Å². The van der Waals surface area contributed by atoms with Crippen LogP contribution in [0.15, 0.2) is 72.8 Å². The smallest absolute Gasteiger partial charge is 0.257 e. The van der Waals surface area contributed by atoms with Crippen LogP contribution in [0.4, 0.5) is 10.8 Å². The minimum absolute atomic E-state index is 0.0498. The second kappa shape index (κ2) is 10.1. The normalized spacial score (nSPS) is 11.3. The molecule has 174 valence electrons. The van der Waals surface area contributed by atoms with Gasteiger partial charge in [-0.1, -0.05) is 77.0 Å². The van der Waals surface area contributed by atoms with Crippen LogP contribution < -0.4 is 9.62 Å². The molecule has 0 saturated carbocycles. The second-order valence-corrected chi connectivity index (χ2v) is 11.1. The molecule has 0 fully saturated rings. The molecule has 4 aromatic rings. The molecule has 0 saturated heterocycles. The maximum absolute atomic E-state index is 12.6. The summed E-state index contributed by atoms with van der Waals surface area (Å²) in [6.07, 6.45) is 1.11. The van der Waals surface area contributed by atoms with Gasteiger partial charge in [0.1, 0.15) is 5.01 Å². The van der Waals surface area contributed by atoms with Crippen LogP contribution in [0, 0.1) is 0 Å². The van der Waals surface area contributed by atoms with Crippen LogP contribution in [-0.2, 0) is 16.6 Å². The monoisotopic (exact) mass is 532 g/mol. The number of sulfonamides is 1. The number of benzene rings is 3. The van der Waals surface area contributed by atoms with Crippen LogP contribution in [0.3, 0.4) is 0 Å². The lowest BCUT2D eigenvalue weighted by Crippen LogP contribution is -2.29. The maximum atomic E-state index is 12.6. The standard InChI is InChI=1S/C23H18Cl2N4O3S2/c1-34(31,32)29(20-12-18(24)11-19(25)13-20)14-15-7-9-16(10-8-15)21(30)26-23-28-27-22(33-23)17-5-3-2-4-6-17/h2-13H,14H2,1H3,(H,26,28,30). The van der Waals surface area contributed by atoms with E-state index in [1.165, 1.54) is 33.8 Å². The van der Waals surface area contributed by atoms with Crippen LogP contribution in [0.5, 0.6) is 0 Å². The van der Waals surface area contributed by atoms with Gasteiger partial charge in [-0.3, -0.25) is 14.4 Å². The fraction of sp³-hybridized carbons (Fsp3) is 0.0870. The summed E-state index contributed by atoms with van der Waals surface area (Å²) in [6, 6.07) is 20.8. The molecular weight excluding hydrogens is 515 g/mol. The van der Waals surface area contributed by atoms with Gasteiger partial charge >= 0.3 is 0 Å². The molecule has 3 aromatic carbocycles. The Morgan fingerprint density at radius 2 is 1.62 bits per heavy atom. The summed E-state index contributed by atoms with van der Waals surface area (Å²) in [5.41, 5.74) is 2.35. The van der Waals surface area contributed by atoms with Crippen LogP contribution in [0.1, 0.15) is 15.9 Å². The van der Waals surface area contributed by atoms with E-state index in [1.54, 1.807) is 24.3 Å². The van der Waals surface area contributed by atoms with Gasteiger partial charge in [-0.25, -0.2) is 8.42 Å². The summed E-state index contributed by atoms with van der Waals surface area (Å²) >= 11 is 13.4. The molecule has 1 aromatic heterocycles. The topological polar surface area (TPSA) is 92.3 Å². The molecule has 0 unspecified atom stereocenters. The highest BCUT2D eigenvalue weighted by molar-refractivity contribution is 7.92. The molecule has 0 radical (unpaired) electrons. The zero-order valence-electron chi connectivity index (χ0n) is 17.8. The predicted octanol–water partition coefficient (Wildman–Crippen LogP) is 5.73. The number of anilines is 2. The van der Waals surface area contributed by atoms with E-state index in [2.05, 4.69) is 15.5 Å². The Balaban J connectivity index is 1.48. The third-order valence-corrected chi connectivity index (χ3v) is 7.21. The van der Waals surface area contributed by atoms with Gasteiger partial charge in [0.05, 0.1) is 18.5 Å². The lowest BCUT2D eigenvalue weighted by atomic mass is 10.1. The number of nitrogens with one attached hydrogen (secondary N) is 1. The minimum Gasteiger partial charge on any atom is -0.296 e. The van der Waals surface area contributed by atoms with Crippen molar-refractivity contribution in [1.82, 2.24) is 10.2 Å². The molecule has 1 amide bonds. The lowest BCUT2D eigenvalue weighted by Gasteiger charge is -2.23. The van der Waals surface area contributed by atoms with E-state index in [0.29, 0.717) is 37.0 Å². The summed E-state index contributed by atoms with van der Waals surface area (Å²) in [7, 11) is -3.61. The second-order valence-electron chi connectivity index (χ2n) is 7.33. The molecule has 0 aliphatic carbocycles. The number of rotatable bonds is 7. The van der Waals surface area contributed by atoms with Crippen molar-refractivity contribution in [2.24, 2.45) is 0 Å². The molecule has 11 heteroatoms. The molecule has 1 N–H and O–H groups in total. The number of nitrogens with zero attached hydrogens (tertiary/aromatic N) is 3. The Bertz CT molecular complexity index is 1410. The quantitative estimate of drug-likeness (QED) is 0.328. The molecule has 0 atom stereocenters. The Morgan fingerprint density at radius 3 is 2.24 bits per heavy atom. The first-order chi connectivity index (χ1) is 16.2. The van der Waals surface area contributed by atoms with Gasteiger partial charge in [-0.05, 0) is 35.9 Å². The van der Waals surface area contributed by atoms with Crippen molar-refractivity contribution in [1.29, 1.82) is 0 Å². The summed E-state index contributed by atoms with van der Waals surface area (Å²) in [6.45, 7) is 0.0498. The van der Waals surface area contributed by atoms with Crippen molar-refractivity contribution in [2.75, 3.05) is 15.9 Å². The van der Waals surface area contributed by atoms with Gasteiger partial charge in [0.25, 0.3) is 5.91 Å². The molecule has 0 aliphatic rings. The van der Waals surface area contributed by atoms with E-state index in [4.69, 9.17) is 23.2 Å². The van der Waals surface area contributed by atoms with E-state index in [0.717, 1.165) is 11.8 Å². The lowest BCUT2D eigenvalue weighted by molar-refractivity contribution is 0.102. The number of amides is 1. The fourth-order valence-corrected chi connectivity index (χ4v) is 5.28. The molecule has 0 bridgehead atoms. The third kappa shape index (κ3) is 5.92. The number of halogens is 2. The molecule has 0 aliphatic heterocycles. The summed E-state index contributed by atoms with van der Waals surface area (Å²) in [5, 5.41) is 12.6. The maximum Gasteiger partial charge on any atom is 0.257 e. The molecular formula is C23H18Cl2N4O3S2. The zero-order chi connectivity index (χ0) is 24.3. The van der Waals surface area contributed by atoms with Crippen molar-refractivity contribution >= 4 is 61.3 Å². The van der Waals surface area contributed by atoms with Crippen molar-refractivity contribution in [3.05, 3.63) is 94.0 Å². The van der Waals surface area contributed by atoms with Crippen LogP contribution >= 0.6 is 34.5 Å². The van der Waals surface area contributed by atoms with Crippen molar-refractivity contribution in [2.45, 2.75) is 6.54 Å². The zero-order valence-corrected chi connectivity index (χ0v) is 20.9. The highest BCUT2D eigenvalue weighted by atomic mass is 35.5. The largest absolute Gasteiger partial charge is 0.296 e. The number of aromatic nitrogens is 2. The Morgan fingerprint density at radius 1 is 0.971 bits per heavy atom. The first kappa shape index (κ1) is 24.2. The van der Waals surface area contributed by atoms with Gasteiger partial charge in [-0.2, -0.15) is 0 Å². The fourth-order valence-electron chi connectivity index (χ4n) is 3.15. The van der Waals surface area contributed by atoms with Gasteiger partial charge in [-0.15, -0.1) is 10.2 Å². The van der Waals surface area contributed by atoms with E-state index in [9.17, 15) is 13.2 Å². The number of hydrogen-bond donors (Lipinski definition) is 1. The van der Waals surface area contributed by atoms with Crippen molar-refractivity contribution in [3.8, 4) is 10.6 Å². The van der Waals surface area contributed by atoms with Gasteiger partial charge in [0, 0.05) is 21.2 Å². The first-order valence-corrected chi connectivity index (χ1v) is 13.3. The van der Waals surface area contributed by atoms with E-state index in [1.807, 2.05) is 30.3 Å². The highest BCUT2D eigenvalue weighted by Crippen LogP contribution is 2.29. The Kier molecular flexibility index (Phi) is 7.18. The molecule has 4 rings (SSSR count). The first-order valence-electron chi connectivity index (χ1n) is 9.92. The Labute approximate surface area is 211 Å². The summed E-state index contributed by atoms with van der Waals surface area (Å²) < 4.78 is 26.0. The molecule has 0 spiro atoms. The van der Waals surface area contributed by atoms with Crippen LogP contribution in [-0.4, -0.2) is 30.8 Å². The van der Waals surface area contributed by atoms with E-state index >= 15 is 0 Å². The average molecular weight is 533 g/mol. The average Bonchev–Trinajstić information content (AvgIpc) is 3.25. The van der Waals surface area contributed by atoms with E-state index < -0.39 is 10.0 Å². The minimum atomic E-state index is -3.61. The molecule has 7 nitrogen and oxygen atoms in total. The highest BCUT2D eigenvalue weighted by Gasteiger charge is 2.19. The summed E-state index contributed by atoms with van der Waals surface area (Å²) in [4.78, 5) is 12.6. The third-order valence-electron chi connectivity index (χ3n) is 4.74. The SMILES string of the molecule is CS(=O)(=O)N(Cc1ccc(C(=O)Nc2nnc(-c3ccccc3)s2)cc1)c1cc(Cl)cc(Cl)c1. The van der Waals surface area contributed by atoms with E-state index in [-0.39, 0.29) is 12.5 Å². The van der Waals surface area contributed by atoms with Crippen molar-refractivity contribution < 1.29 is 13.2 Å². The van der Waals surface area contributed by atoms with Gasteiger partial charge < -0.3 is 0 Å². The van der Waals surface area contributed by atoms with Crippen LogP contribution in [0.25, 0.3) is 10.6 Å². The predicted molar refractivity (Wildman–Crippen MR) is 137 cm³/mol. The molecule has 34 heavy (non-hydrogen) atoms. The van der Waals surface area contributed by atoms with Crippen molar-refractivity contribution in [3.63, 3.8) is 0 Å². The molecule has 1 heterocycles.